The molecule has 1 aromatic heterocycles. The van der Waals surface area contributed by atoms with E-state index < -0.39 is 5.97 Å². The van der Waals surface area contributed by atoms with E-state index in [1.807, 2.05) is 13.8 Å². The Hall–Kier alpha value is -1.66. The molecule has 1 rings (SSSR count). The first kappa shape index (κ1) is 16.4. The molecular weight excluding hydrogens is 278 g/mol. The summed E-state index contributed by atoms with van der Waals surface area (Å²) < 4.78 is 5.40. The number of carboxylic acids is 1. The van der Waals surface area contributed by atoms with Crippen molar-refractivity contribution in [1.82, 2.24) is 4.90 Å². The Labute approximate surface area is 122 Å². The van der Waals surface area contributed by atoms with Crippen molar-refractivity contribution in [1.29, 1.82) is 0 Å². The van der Waals surface area contributed by atoms with E-state index in [1.54, 1.807) is 23.4 Å². The Morgan fingerprint density at radius 1 is 1.50 bits per heavy atom. The first-order valence-electron chi connectivity index (χ1n) is 6.26. The van der Waals surface area contributed by atoms with Crippen LogP contribution in [0, 0.1) is 0 Å². The average Bonchev–Trinajstić information content (AvgIpc) is 2.83. The van der Waals surface area contributed by atoms with Crippen LogP contribution < -0.4 is 0 Å². The molecule has 0 atom stereocenters. The average molecular weight is 297 g/mol. The van der Waals surface area contributed by atoms with E-state index in [9.17, 15) is 9.59 Å². The minimum absolute atomic E-state index is 0.0939. The van der Waals surface area contributed by atoms with E-state index in [4.69, 9.17) is 9.84 Å². The highest BCUT2D eigenvalue weighted by Gasteiger charge is 2.13. The van der Waals surface area contributed by atoms with E-state index in [1.165, 1.54) is 17.4 Å². The van der Waals surface area contributed by atoms with Gasteiger partial charge in [0.1, 0.15) is 0 Å². The zero-order chi connectivity index (χ0) is 15.1. The normalized spacial score (nSPS) is 11.2. The molecule has 110 valence electrons. The van der Waals surface area contributed by atoms with Crippen LogP contribution in [0.5, 0.6) is 0 Å². The van der Waals surface area contributed by atoms with Gasteiger partial charge in [0.15, 0.2) is 0 Å². The van der Waals surface area contributed by atoms with Gasteiger partial charge in [-0.25, -0.2) is 4.79 Å². The Balaban J connectivity index is 2.56. The van der Waals surface area contributed by atoms with Gasteiger partial charge in [0.25, 0.3) is 5.91 Å². The van der Waals surface area contributed by atoms with Crippen LogP contribution >= 0.6 is 11.3 Å². The third kappa shape index (κ3) is 5.54. The minimum atomic E-state index is -1.01. The number of hydrogen-bond donors (Lipinski definition) is 1. The Morgan fingerprint density at radius 3 is 2.80 bits per heavy atom. The molecule has 6 heteroatoms. The number of nitrogens with zero attached hydrogens (tertiary/aromatic N) is 1. The van der Waals surface area contributed by atoms with Crippen LogP contribution in [0.4, 0.5) is 0 Å². The summed E-state index contributed by atoms with van der Waals surface area (Å²) in [6, 6.07) is 1.69. The number of rotatable bonds is 7. The number of amides is 1. The van der Waals surface area contributed by atoms with Crippen molar-refractivity contribution in [2.24, 2.45) is 0 Å². The third-order valence-electron chi connectivity index (χ3n) is 2.48. The highest BCUT2D eigenvalue weighted by atomic mass is 32.1. The molecule has 0 aliphatic carbocycles. The first-order valence-corrected chi connectivity index (χ1v) is 7.14. The fourth-order valence-electron chi connectivity index (χ4n) is 1.45. The summed E-state index contributed by atoms with van der Waals surface area (Å²) in [7, 11) is 1.72. The van der Waals surface area contributed by atoms with Crippen molar-refractivity contribution in [3.8, 4) is 0 Å². The summed E-state index contributed by atoms with van der Waals surface area (Å²) in [5.74, 6) is -1.10. The van der Waals surface area contributed by atoms with Crippen LogP contribution in [-0.4, -0.2) is 48.2 Å². The fourth-order valence-corrected chi connectivity index (χ4v) is 2.23. The molecule has 0 saturated carbocycles. The van der Waals surface area contributed by atoms with Crippen LogP contribution in [0.1, 0.15) is 29.1 Å². The van der Waals surface area contributed by atoms with Gasteiger partial charge in [0, 0.05) is 29.9 Å². The van der Waals surface area contributed by atoms with Crippen molar-refractivity contribution >= 4 is 29.3 Å². The highest BCUT2D eigenvalue weighted by Crippen LogP contribution is 2.17. The molecule has 1 amide bonds. The van der Waals surface area contributed by atoms with Gasteiger partial charge in [0.2, 0.25) is 0 Å². The van der Waals surface area contributed by atoms with Crippen LogP contribution in [0.15, 0.2) is 17.5 Å². The lowest BCUT2D eigenvalue weighted by molar-refractivity contribution is -0.131. The Kier molecular flexibility index (Phi) is 6.41. The lowest BCUT2D eigenvalue weighted by Crippen LogP contribution is -2.30. The summed E-state index contributed by atoms with van der Waals surface area (Å²) in [5.41, 5.74) is 0.562. The maximum absolute atomic E-state index is 12.1. The number of ether oxygens (including phenoxy) is 1. The molecule has 0 spiro atoms. The number of thiophene rings is 1. The van der Waals surface area contributed by atoms with Gasteiger partial charge < -0.3 is 14.7 Å². The molecule has 0 aromatic carbocycles. The molecule has 0 fully saturated rings. The van der Waals surface area contributed by atoms with Gasteiger partial charge in [-0.15, -0.1) is 11.3 Å². The lowest BCUT2D eigenvalue weighted by Gasteiger charge is -2.17. The quantitative estimate of drug-likeness (QED) is 0.784. The Bertz CT molecular complexity index is 493. The topological polar surface area (TPSA) is 66.8 Å². The van der Waals surface area contributed by atoms with Crippen molar-refractivity contribution in [2.45, 2.75) is 20.0 Å². The van der Waals surface area contributed by atoms with Crippen LogP contribution in [0.3, 0.4) is 0 Å². The van der Waals surface area contributed by atoms with Gasteiger partial charge in [0.05, 0.1) is 18.3 Å². The predicted molar refractivity (Wildman–Crippen MR) is 79.0 cm³/mol. The molecule has 1 heterocycles. The highest BCUT2D eigenvalue weighted by molar-refractivity contribution is 7.11. The van der Waals surface area contributed by atoms with Crippen LogP contribution in [-0.2, 0) is 9.53 Å². The molecule has 5 nitrogen and oxygen atoms in total. The Morgan fingerprint density at radius 2 is 2.20 bits per heavy atom. The molecule has 1 aromatic rings. The van der Waals surface area contributed by atoms with Crippen molar-refractivity contribution in [2.75, 3.05) is 20.2 Å². The third-order valence-corrected chi connectivity index (χ3v) is 3.38. The monoisotopic (exact) mass is 297 g/mol. The van der Waals surface area contributed by atoms with Gasteiger partial charge >= 0.3 is 5.97 Å². The van der Waals surface area contributed by atoms with Gasteiger partial charge in [-0.1, -0.05) is 0 Å². The zero-order valence-electron chi connectivity index (χ0n) is 11.8. The standard InChI is InChI=1S/C14H19NO4S/c1-10(2)19-7-6-15(3)14(18)11-8-12(20-9-11)4-5-13(16)17/h4-5,8-10H,6-7H2,1-3H3,(H,16,17)/b5-4+. The van der Waals surface area contributed by atoms with Gasteiger partial charge in [-0.05, 0) is 26.0 Å². The van der Waals surface area contributed by atoms with E-state index in [0.29, 0.717) is 18.7 Å². The van der Waals surface area contributed by atoms with Crippen LogP contribution in [0.2, 0.25) is 0 Å². The van der Waals surface area contributed by atoms with Crippen molar-refractivity contribution < 1.29 is 19.4 Å². The summed E-state index contributed by atoms with van der Waals surface area (Å²) in [6.07, 6.45) is 2.68. The van der Waals surface area contributed by atoms with E-state index in [2.05, 4.69) is 0 Å². The summed E-state index contributed by atoms with van der Waals surface area (Å²) in [6.45, 7) is 4.91. The number of aliphatic carboxylic acids is 1. The number of carbonyl (C=O) groups is 2. The number of carboxylic acid groups (broad SMARTS) is 1. The van der Waals surface area contributed by atoms with E-state index in [0.717, 1.165) is 11.0 Å². The van der Waals surface area contributed by atoms with Crippen molar-refractivity contribution in [3.05, 3.63) is 28.0 Å². The number of hydrogen-bond acceptors (Lipinski definition) is 4. The second-order valence-corrected chi connectivity index (χ2v) is 5.50. The maximum Gasteiger partial charge on any atom is 0.328 e. The van der Waals surface area contributed by atoms with E-state index in [-0.39, 0.29) is 12.0 Å². The molecule has 0 radical (unpaired) electrons. The summed E-state index contributed by atoms with van der Waals surface area (Å²) in [4.78, 5) is 24.9. The second-order valence-electron chi connectivity index (χ2n) is 4.56. The molecule has 0 saturated heterocycles. The largest absolute Gasteiger partial charge is 0.478 e. The molecule has 0 aliphatic rings. The molecular formula is C14H19NO4S. The summed E-state index contributed by atoms with van der Waals surface area (Å²) in [5, 5.41) is 10.3. The first-order chi connectivity index (χ1) is 9.40. The molecule has 20 heavy (non-hydrogen) atoms. The molecule has 0 bridgehead atoms. The lowest BCUT2D eigenvalue weighted by atomic mass is 10.2. The zero-order valence-corrected chi connectivity index (χ0v) is 12.6. The van der Waals surface area contributed by atoms with Crippen molar-refractivity contribution in [3.63, 3.8) is 0 Å². The smallest absolute Gasteiger partial charge is 0.328 e. The summed E-state index contributed by atoms with van der Waals surface area (Å²) >= 11 is 1.34. The fraction of sp³-hybridized carbons (Fsp3) is 0.429. The molecule has 0 unspecified atom stereocenters. The van der Waals surface area contributed by atoms with Gasteiger partial charge in [-0.3, -0.25) is 4.79 Å². The van der Waals surface area contributed by atoms with E-state index >= 15 is 0 Å². The molecule has 0 aliphatic heterocycles. The number of carbonyl (C=O) groups excluding carboxylic acids is 1. The number of likely N-dealkylation sites (N-methyl/N-ethyl adjacent to an activating group) is 1. The SMILES string of the molecule is CC(C)OCCN(C)C(=O)c1csc(/C=C/C(=O)O)c1. The van der Waals surface area contributed by atoms with Crippen LogP contribution in [0.25, 0.3) is 6.08 Å². The molecule has 1 N–H and O–H groups in total. The maximum atomic E-state index is 12.1. The van der Waals surface area contributed by atoms with Gasteiger partial charge in [-0.2, -0.15) is 0 Å². The minimum Gasteiger partial charge on any atom is -0.478 e. The predicted octanol–water partition coefficient (Wildman–Crippen LogP) is 2.34. The second kappa shape index (κ2) is 7.81.